The zero-order valence-electron chi connectivity index (χ0n) is 9.22. The van der Waals surface area contributed by atoms with Crippen molar-refractivity contribution < 1.29 is 10.2 Å². The lowest BCUT2D eigenvalue weighted by Crippen LogP contribution is -2.49. The van der Waals surface area contributed by atoms with E-state index >= 15 is 0 Å². The van der Waals surface area contributed by atoms with E-state index in [9.17, 15) is 10.2 Å². The molecule has 0 aliphatic carbocycles. The van der Waals surface area contributed by atoms with Crippen molar-refractivity contribution in [2.45, 2.75) is 38.0 Å². The monoisotopic (exact) mass is 209 g/mol. The molecule has 3 nitrogen and oxygen atoms in total. The lowest BCUT2D eigenvalue weighted by molar-refractivity contribution is -0.0592. The summed E-state index contributed by atoms with van der Waals surface area (Å²) in [6, 6.07) is 9.25. The molecule has 1 aromatic rings. The summed E-state index contributed by atoms with van der Waals surface area (Å²) in [5, 5.41) is 19.3. The Kier molecular flexibility index (Phi) is 3.85. The molecular weight excluding hydrogens is 190 g/mol. The summed E-state index contributed by atoms with van der Waals surface area (Å²) in [5.74, 6) is 0. The van der Waals surface area contributed by atoms with Crippen LogP contribution >= 0.6 is 0 Å². The van der Waals surface area contributed by atoms with Crippen LogP contribution in [0.4, 0.5) is 0 Å². The third-order valence-electron chi connectivity index (χ3n) is 2.44. The highest BCUT2D eigenvalue weighted by Gasteiger charge is 2.29. The van der Waals surface area contributed by atoms with Gasteiger partial charge in [0.25, 0.3) is 0 Å². The summed E-state index contributed by atoms with van der Waals surface area (Å²) >= 11 is 0. The molecule has 0 saturated heterocycles. The molecule has 0 amide bonds. The summed E-state index contributed by atoms with van der Waals surface area (Å²) in [4.78, 5) is 0. The van der Waals surface area contributed by atoms with Gasteiger partial charge in [-0.2, -0.15) is 0 Å². The SMILES string of the molecule is CC(C)(O)[C@H](O)[C@@H](N)Cc1ccccc1. The number of benzene rings is 1. The van der Waals surface area contributed by atoms with Crippen molar-refractivity contribution >= 4 is 0 Å². The predicted molar refractivity (Wildman–Crippen MR) is 60.4 cm³/mol. The first-order chi connectivity index (χ1) is 6.91. The molecule has 0 heterocycles. The van der Waals surface area contributed by atoms with Crippen molar-refractivity contribution in [3.63, 3.8) is 0 Å². The Morgan fingerprint density at radius 3 is 2.27 bits per heavy atom. The minimum absolute atomic E-state index is 0.451. The highest BCUT2D eigenvalue weighted by Crippen LogP contribution is 2.14. The van der Waals surface area contributed by atoms with E-state index in [1.54, 1.807) is 13.8 Å². The summed E-state index contributed by atoms with van der Waals surface area (Å²) in [6.07, 6.45) is -0.357. The third kappa shape index (κ3) is 3.63. The molecule has 0 unspecified atom stereocenters. The van der Waals surface area contributed by atoms with Crippen LogP contribution in [0, 0.1) is 0 Å². The van der Waals surface area contributed by atoms with Gasteiger partial charge in [0.05, 0.1) is 11.7 Å². The second-order valence-corrected chi connectivity index (χ2v) is 4.45. The Labute approximate surface area is 90.5 Å². The Bertz CT molecular complexity index is 292. The van der Waals surface area contributed by atoms with Crippen LogP contribution in [0.15, 0.2) is 30.3 Å². The van der Waals surface area contributed by atoms with E-state index in [1.165, 1.54) is 0 Å². The van der Waals surface area contributed by atoms with E-state index in [0.29, 0.717) is 6.42 Å². The highest BCUT2D eigenvalue weighted by atomic mass is 16.3. The lowest BCUT2D eigenvalue weighted by Gasteiger charge is -2.29. The van der Waals surface area contributed by atoms with Gasteiger partial charge in [0.15, 0.2) is 0 Å². The van der Waals surface area contributed by atoms with Crippen molar-refractivity contribution in [3.05, 3.63) is 35.9 Å². The molecular formula is C12H19NO2. The maximum Gasteiger partial charge on any atom is 0.0975 e. The summed E-state index contributed by atoms with van der Waals surface area (Å²) in [6.45, 7) is 3.12. The molecule has 0 aliphatic rings. The zero-order chi connectivity index (χ0) is 11.5. The van der Waals surface area contributed by atoms with Gasteiger partial charge in [0.1, 0.15) is 0 Å². The molecule has 0 aromatic heterocycles. The minimum Gasteiger partial charge on any atom is -0.389 e. The molecule has 4 N–H and O–H groups in total. The van der Waals surface area contributed by atoms with Crippen molar-refractivity contribution in [1.29, 1.82) is 0 Å². The maximum atomic E-state index is 9.74. The van der Waals surface area contributed by atoms with E-state index in [2.05, 4.69) is 0 Å². The van der Waals surface area contributed by atoms with Crippen molar-refractivity contribution in [2.24, 2.45) is 5.73 Å². The van der Waals surface area contributed by atoms with Crippen LogP contribution in [0.3, 0.4) is 0 Å². The van der Waals surface area contributed by atoms with Crippen LogP contribution in [0.1, 0.15) is 19.4 Å². The first-order valence-corrected chi connectivity index (χ1v) is 5.11. The molecule has 2 atom stereocenters. The number of hydrogen-bond donors (Lipinski definition) is 3. The fourth-order valence-electron chi connectivity index (χ4n) is 1.52. The van der Waals surface area contributed by atoms with Gasteiger partial charge in [0, 0.05) is 6.04 Å². The van der Waals surface area contributed by atoms with Gasteiger partial charge in [-0.25, -0.2) is 0 Å². The molecule has 0 aliphatic heterocycles. The second kappa shape index (κ2) is 4.75. The smallest absolute Gasteiger partial charge is 0.0975 e. The summed E-state index contributed by atoms with van der Waals surface area (Å²) < 4.78 is 0. The van der Waals surface area contributed by atoms with Crippen molar-refractivity contribution in [3.8, 4) is 0 Å². The van der Waals surface area contributed by atoms with Gasteiger partial charge >= 0.3 is 0 Å². The first-order valence-electron chi connectivity index (χ1n) is 5.11. The molecule has 1 rings (SSSR count). The molecule has 0 fully saturated rings. The predicted octanol–water partition coefficient (Wildman–Crippen LogP) is 0.688. The standard InChI is InChI=1S/C12H19NO2/c1-12(2,15)11(14)10(13)8-9-6-4-3-5-7-9/h3-7,10-11,14-15H,8,13H2,1-2H3/t10-,11+/m0/s1. The van der Waals surface area contributed by atoms with Crippen LogP contribution in [0.25, 0.3) is 0 Å². The highest BCUT2D eigenvalue weighted by molar-refractivity contribution is 5.16. The second-order valence-electron chi connectivity index (χ2n) is 4.45. The molecule has 3 heteroatoms. The average Bonchev–Trinajstić information content (AvgIpc) is 2.16. The fraction of sp³-hybridized carbons (Fsp3) is 0.500. The quantitative estimate of drug-likeness (QED) is 0.683. The minimum atomic E-state index is -1.16. The normalized spacial score (nSPS) is 16.1. The van der Waals surface area contributed by atoms with E-state index in [0.717, 1.165) is 5.56 Å². The average molecular weight is 209 g/mol. The van der Waals surface area contributed by atoms with Gasteiger partial charge in [0.2, 0.25) is 0 Å². The van der Waals surface area contributed by atoms with Gasteiger partial charge in [-0.15, -0.1) is 0 Å². The van der Waals surface area contributed by atoms with Crippen molar-refractivity contribution in [1.82, 2.24) is 0 Å². The number of hydrogen-bond acceptors (Lipinski definition) is 3. The Hall–Kier alpha value is -0.900. The van der Waals surface area contributed by atoms with Gasteiger partial charge in [-0.05, 0) is 25.8 Å². The van der Waals surface area contributed by atoms with E-state index in [-0.39, 0.29) is 0 Å². The topological polar surface area (TPSA) is 66.5 Å². The zero-order valence-corrected chi connectivity index (χ0v) is 9.22. The molecule has 0 saturated carbocycles. The van der Waals surface area contributed by atoms with Crippen molar-refractivity contribution in [2.75, 3.05) is 0 Å². The lowest BCUT2D eigenvalue weighted by atomic mass is 9.91. The molecule has 0 spiro atoms. The van der Waals surface area contributed by atoms with E-state index in [1.807, 2.05) is 30.3 Å². The number of aliphatic hydroxyl groups is 2. The number of nitrogens with two attached hydrogens (primary N) is 1. The van der Waals surface area contributed by atoms with Crippen LogP contribution in [0.5, 0.6) is 0 Å². The number of rotatable bonds is 4. The molecule has 84 valence electrons. The maximum absolute atomic E-state index is 9.74. The number of aliphatic hydroxyl groups excluding tert-OH is 1. The van der Waals surface area contributed by atoms with E-state index in [4.69, 9.17) is 5.73 Å². The third-order valence-corrected chi connectivity index (χ3v) is 2.44. The van der Waals surface area contributed by atoms with Crippen LogP contribution in [0.2, 0.25) is 0 Å². The fourth-order valence-corrected chi connectivity index (χ4v) is 1.52. The first kappa shape index (κ1) is 12.2. The summed E-state index contributed by atoms with van der Waals surface area (Å²) in [5.41, 5.74) is 5.73. The van der Waals surface area contributed by atoms with Gasteiger partial charge in [-0.3, -0.25) is 0 Å². The van der Waals surface area contributed by atoms with Gasteiger partial charge in [-0.1, -0.05) is 30.3 Å². The van der Waals surface area contributed by atoms with Gasteiger partial charge < -0.3 is 15.9 Å². The Balaban J connectivity index is 2.60. The largest absolute Gasteiger partial charge is 0.389 e. The molecule has 0 bridgehead atoms. The summed E-state index contributed by atoms with van der Waals surface area (Å²) in [7, 11) is 0. The molecule has 15 heavy (non-hydrogen) atoms. The van der Waals surface area contributed by atoms with Crippen LogP contribution < -0.4 is 5.73 Å². The van der Waals surface area contributed by atoms with E-state index < -0.39 is 17.7 Å². The molecule has 1 aromatic carbocycles. The molecule has 0 radical (unpaired) electrons. The van der Waals surface area contributed by atoms with Crippen LogP contribution in [-0.2, 0) is 6.42 Å². The Morgan fingerprint density at radius 1 is 1.27 bits per heavy atom. The van der Waals surface area contributed by atoms with Crippen LogP contribution in [-0.4, -0.2) is 28.0 Å². The Morgan fingerprint density at radius 2 is 1.80 bits per heavy atom.